The van der Waals surface area contributed by atoms with E-state index in [-0.39, 0.29) is 23.5 Å². The highest BCUT2D eigenvalue weighted by Crippen LogP contribution is 2.20. The van der Waals surface area contributed by atoms with Crippen LogP contribution in [-0.2, 0) is 14.8 Å². The van der Waals surface area contributed by atoms with E-state index in [9.17, 15) is 8.42 Å². The first kappa shape index (κ1) is 16.2. The van der Waals surface area contributed by atoms with E-state index in [4.69, 9.17) is 15.7 Å². The van der Waals surface area contributed by atoms with Gasteiger partial charge >= 0.3 is 0 Å². The Balaban J connectivity index is 2.77. The molecule has 1 unspecified atom stereocenters. The van der Waals surface area contributed by atoms with Crippen molar-refractivity contribution < 1.29 is 18.4 Å². The third-order valence-corrected chi connectivity index (χ3v) is 5.84. The van der Waals surface area contributed by atoms with Crippen LogP contribution in [0.15, 0.2) is 5.16 Å². The van der Waals surface area contributed by atoms with Crippen molar-refractivity contribution in [3.05, 3.63) is 0 Å². The van der Waals surface area contributed by atoms with E-state index < -0.39 is 10.0 Å². The van der Waals surface area contributed by atoms with E-state index >= 15 is 0 Å². The Morgan fingerprint density at radius 2 is 2.11 bits per heavy atom. The van der Waals surface area contributed by atoms with Gasteiger partial charge in [-0.3, -0.25) is 0 Å². The molecule has 1 aliphatic heterocycles. The van der Waals surface area contributed by atoms with E-state index in [2.05, 4.69) is 5.16 Å². The van der Waals surface area contributed by atoms with Crippen molar-refractivity contribution in [3.63, 3.8) is 0 Å². The maximum absolute atomic E-state index is 12.5. The summed E-state index contributed by atoms with van der Waals surface area (Å²) in [6.45, 7) is 5.09. The lowest BCUT2D eigenvalue weighted by Gasteiger charge is -2.30. The largest absolute Gasteiger partial charge is 0.409 e. The lowest BCUT2D eigenvalue weighted by molar-refractivity contribution is 0.0972. The van der Waals surface area contributed by atoms with Crippen molar-refractivity contribution in [3.8, 4) is 0 Å². The fourth-order valence-electron chi connectivity index (χ4n) is 2.10. The number of rotatable bonds is 6. The molecule has 0 aromatic carbocycles. The Labute approximate surface area is 114 Å². The number of nitrogens with zero attached hydrogens (tertiary/aromatic N) is 2. The van der Waals surface area contributed by atoms with Gasteiger partial charge in [0.2, 0.25) is 10.0 Å². The maximum atomic E-state index is 12.5. The molecule has 1 aliphatic rings. The van der Waals surface area contributed by atoms with Crippen LogP contribution in [0.25, 0.3) is 0 Å². The second kappa shape index (κ2) is 7.06. The highest BCUT2D eigenvalue weighted by Gasteiger charge is 2.33. The Morgan fingerprint density at radius 1 is 1.53 bits per heavy atom. The number of ether oxygens (including phenoxy) is 1. The maximum Gasteiger partial charge on any atom is 0.217 e. The highest BCUT2D eigenvalue weighted by atomic mass is 32.2. The van der Waals surface area contributed by atoms with Gasteiger partial charge in [-0.15, -0.1) is 0 Å². The average Bonchev–Trinajstić information content (AvgIpc) is 2.44. The van der Waals surface area contributed by atoms with E-state index in [0.717, 1.165) is 0 Å². The molecule has 0 radical (unpaired) electrons. The molecule has 1 saturated heterocycles. The van der Waals surface area contributed by atoms with E-state index in [1.807, 2.05) is 0 Å². The predicted octanol–water partition coefficient (Wildman–Crippen LogP) is 0.200. The molecule has 0 aliphatic carbocycles. The molecule has 112 valence electrons. The van der Waals surface area contributed by atoms with Crippen LogP contribution in [0.5, 0.6) is 0 Å². The summed E-state index contributed by atoms with van der Waals surface area (Å²) >= 11 is 0. The number of oxime groups is 1. The van der Waals surface area contributed by atoms with Gasteiger partial charge in [-0.25, -0.2) is 12.7 Å². The topological polar surface area (TPSA) is 105 Å². The number of amidine groups is 1. The molecular formula is C11H23N3O4S. The molecule has 0 aromatic rings. The van der Waals surface area contributed by atoms with Crippen molar-refractivity contribution in [2.45, 2.75) is 31.9 Å². The summed E-state index contributed by atoms with van der Waals surface area (Å²) in [5.74, 6) is -0.278. The standard InChI is InChI=1S/C11H23N3O4S/c1-3-14(8-9(2)11(12)13-15)19(16,17)10-4-6-18-7-5-10/h9-10,15H,3-8H2,1-2H3,(H2,12,13). The van der Waals surface area contributed by atoms with Gasteiger partial charge < -0.3 is 15.7 Å². The molecule has 3 N–H and O–H groups in total. The van der Waals surface area contributed by atoms with Crippen LogP contribution in [0, 0.1) is 5.92 Å². The molecule has 1 atom stereocenters. The molecule has 1 rings (SSSR count). The van der Waals surface area contributed by atoms with Crippen LogP contribution in [0.2, 0.25) is 0 Å². The van der Waals surface area contributed by atoms with Crippen LogP contribution in [0.3, 0.4) is 0 Å². The van der Waals surface area contributed by atoms with Gasteiger partial charge in [-0.2, -0.15) is 0 Å². The number of sulfonamides is 1. The average molecular weight is 293 g/mol. The molecule has 8 heteroatoms. The fraction of sp³-hybridized carbons (Fsp3) is 0.909. The van der Waals surface area contributed by atoms with Gasteiger partial charge in [-0.1, -0.05) is 19.0 Å². The first-order valence-corrected chi connectivity index (χ1v) is 7.97. The van der Waals surface area contributed by atoms with E-state index in [1.54, 1.807) is 13.8 Å². The normalized spacial score (nSPS) is 20.7. The van der Waals surface area contributed by atoms with Crippen molar-refractivity contribution in [2.24, 2.45) is 16.8 Å². The molecule has 0 bridgehead atoms. The number of hydrogen-bond acceptors (Lipinski definition) is 5. The lowest BCUT2D eigenvalue weighted by Crippen LogP contribution is -2.44. The second-order valence-electron chi connectivity index (χ2n) is 4.73. The van der Waals surface area contributed by atoms with Crippen molar-refractivity contribution in [1.29, 1.82) is 0 Å². The highest BCUT2D eigenvalue weighted by molar-refractivity contribution is 7.89. The zero-order valence-corrected chi connectivity index (χ0v) is 12.3. The minimum atomic E-state index is -3.35. The molecule has 19 heavy (non-hydrogen) atoms. The lowest BCUT2D eigenvalue weighted by atomic mass is 10.1. The Morgan fingerprint density at radius 3 is 2.58 bits per heavy atom. The number of hydrogen-bond donors (Lipinski definition) is 2. The Hall–Kier alpha value is -0.860. The number of nitrogens with two attached hydrogens (primary N) is 1. The Bertz CT molecular complexity index is 404. The van der Waals surface area contributed by atoms with Gasteiger partial charge in [0.25, 0.3) is 0 Å². The van der Waals surface area contributed by atoms with E-state index in [0.29, 0.717) is 32.6 Å². The van der Waals surface area contributed by atoms with Crippen LogP contribution < -0.4 is 5.73 Å². The summed E-state index contributed by atoms with van der Waals surface area (Å²) < 4.78 is 31.6. The SMILES string of the molecule is CCN(CC(C)C(N)=NO)S(=O)(=O)C1CCOCC1. The molecule has 0 aromatic heterocycles. The molecule has 0 spiro atoms. The van der Waals surface area contributed by atoms with Crippen LogP contribution >= 0.6 is 0 Å². The van der Waals surface area contributed by atoms with E-state index in [1.165, 1.54) is 4.31 Å². The summed E-state index contributed by atoms with van der Waals surface area (Å²) in [5, 5.41) is 11.2. The van der Waals surface area contributed by atoms with Crippen molar-refractivity contribution >= 4 is 15.9 Å². The third-order valence-electron chi connectivity index (χ3n) is 3.40. The zero-order valence-electron chi connectivity index (χ0n) is 11.4. The molecule has 0 amide bonds. The summed E-state index contributed by atoms with van der Waals surface area (Å²) in [5.41, 5.74) is 5.50. The fourth-order valence-corrected chi connectivity index (χ4v) is 4.10. The zero-order chi connectivity index (χ0) is 14.5. The van der Waals surface area contributed by atoms with Crippen molar-refractivity contribution in [1.82, 2.24) is 4.31 Å². The quantitative estimate of drug-likeness (QED) is 0.315. The second-order valence-corrected chi connectivity index (χ2v) is 6.95. The van der Waals surface area contributed by atoms with Crippen LogP contribution in [0.4, 0.5) is 0 Å². The summed E-state index contributed by atoms with van der Waals surface area (Å²) in [7, 11) is -3.35. The summed E-state index contributed by atoms with van der Waals surface area (Å²) in [6, 6.07) is 0. The predicted molar refractivity (Wildman–Crippen MR) is 72.6 cm³/mol. The van der Waals surface area contributed by atoms with Gasteiger partial charge in [0.1, 0.15) is 5.84 Å². The van der Waals surface area contributed by atoms with Crippen LogP contribution in [-0.4, -0.2) is 55.3 Å². The van der Waals surface area contributed by atoms with Gasteiger partial charge in [0.15, 0.2) is 0 Å². The minimum absolute atomic E-state index is 0.0422. The van der Waals surface area contributed by atoms with Crippen molar-refractivity contribution in [2.75, 3.05) is 26.3 Å². The smallest absolute Gasteiger partial charge is 0.217 e. The summed E-state index contributed by atoms with van der Waals surface area (Å²) in [4.78, 5) is 0. The van der Waals surface area contributed by atoms with Gasteiger partial charge in [0.05, 0.1) is 5.25 Å². The molecule has 7 nitrogen and oxygen atoms in total. The minimum Gasteiger partial charge on any atom is -0.409 e. The van der Waals surface area contributed by atoms with Crippen LogP contribution in [0.1, 0.15) is 26.7 Å². The summed E-state index contributed by atoms with van der Waals surface area (Å²) in [6.07, 6.45) is 1.05. The molecule has 1 heterocycles. The first-order chi connectivity index (χ1) is 8.93. The first-order valence-electron chi connectivity index (χ1n) is 6.47. The molecular weight excluding hydrogens is 270 g/mol. The molecule has 1 fully saturated rings. The monoisotopic (exact) mass is 293 g/mol. The molecule has 0 saturated carbocycles. The van der Waals surface area contributed by atoms with Gasteiger partial charge in [-0.05, 0) is 12.8 Å². The Kier molecular flexibility index (Phi) is 6.02. The third kappa shape index (κ3) is 4.05. The van der Waals surface area contributed by atoms with Gasteiger partial charge in [0, 0.05) is 32.2 Å².